The standard InChI is InChI=1S/C11H23NO3/c1-7(2)8(12-6)9(13)10(14)15-11(3,4)5/h7-9,12-13H,1-6H3/t8-,9?/m0/s1. The summed E-state index contributed by atoms with van der Waals surface area (Å²) in [5.74, 6) is -0.409. The lowest BCUT2D eigenvalue weighted by atomic mass is 9.98. The molecule has 0 heterocycles. The van der Waals surface area contributed by atoms with Crippen molar-refractivity contribution in [2.45, 2.75) is 52.4 Å². The highest BCUT2D eigenvalue weighted by Crippen LogP contribution is 2.13. The van der Waals surface area contributed by atoms with Crippen molar-refractivity contribution in [1.29, 1.82) is 0 Å². The van der Waals surface area contributed by atoms with Crippen LogP contribution < -0.4 is 5.32 Å². The average molecular weight is 217 g/mol. The van der Waals surface area contributed by atoms with Crippen molar-refractivity contribution in [3.05, 3.63) is 0 Å². The lowest BCUT2D eigenvalue weighted by Gasteiger charge is -2.27. The topological polar surface area (TPSA) is 58.6 Å². The minimum Gasteiger partial charge on any atom is -0.458 e. The van der Waals surface area contributed by atoms with Gasteiger partial charge in [0.25, 0.3) is 0 Å². The van der Waals surface area contributed by atoms with E-state index in [1.165, 1.54) is 0 Å². The minimum absolute atomic E-state index is 0.164. The van der Waals surface area contributed by atoms with Gasteiger partial charge in [0, 0.05) is 6.04 Å². The van der Waals surface area contributed by atoms with E-state index in [-0.39, 0.29) is 12.0 Å². The van der Waals surface area contributed by atoms with Gasteiger partial charge in [0.2, 0.25) is 0 Å². The highest BCUT2D eigenvalue weighted by atomic mass is 16.6. The highest BCUT2D eigenvalue weighted by molar-refractivity contribution is 5.75. The Kier molecular flexibility index (Phi) is 5.24. The van der Waals surface area contributed by atoms with Gasteiger partial charge in [0.1, 0.15) is 5.60 Å². The minimum atomic E-state index is -1.12. The number of carbonyl (C=O) groups is 1. The summed E-state index contributed by atoms with van der Waals surface area (Å²) in [4.78, 5) is 11.6. The van der Waals surface area contributed by atoms with Gasteiger partial charge in [-0.1, -0.05) is 13.8 Å². The van der Waals surface area contributed by atoms with Crippen LogP contribution in [-0.4, -0.2) is 35.9 Å². The summed E-state index contributed by atoms with van der Waals surface area (Å²) in [5, 5.41) is 12.7. The zero-order chi connectivity index (χ0) is 12.2. The molecule has 0 radical (unpaired) electrons. The maximum absolute atomic E-state index is 11.6. The van der Waals surface area contributed by atoms with Crippen LogP contribution in [0.5, 0.6) is 0 Å². The van der Waals surface area contributed by atoms with Crippen molar-refractivity contribution in [2.75, 3.05) is 7.05 Å². The zero-order valence-corrected chi connectivity index (χ0v) is 10.5. The molecule has 0 aromatic carbocycles. The largest absolute Gasteiger partial charge is 0.458 e. The molecule has 0 saturated heterocycles. The Balaban J connectivity index is 4.42. The molecule has 4 heteroatoms. The van der Waals surface area contributed by atoms with Gasteiger partial charge in [-0.25, -0.2) is 4.79 Å². The van der Waals surface area contributed by atoms with Crippen molar-refractivity contribution in [2.24, 2.45) is 5.92 Å². The maximum atomic E-state index is 11.6. The first-order chi connectivity index (χ1) is 6.69. The van der Waals surface area contributed by atoms with Crippen LogP contribution in [0, 0.1) is 5.92 Å². The van der Waals surface area contributed by atoms with Crippen molar-refractivity contribution in [3.8, 4) is 0 Å². The first-order valence-corrected chi connectivity index (χ1v) is 5.27. The molecule has 0 amide bonds. The number of aliphatic hydroxyl groups is 1. The first kappa shape index (κ1) is 14.4. The lowest BCUT2D eigenvalue weighted by Crippen LogP contribution is -2.48. The number of rotatable bonds is 4. The van der Waals surface area contributed by atoms with E-state index in [1.54, 1.807) is 27.8 Å². The SMILES string of the molecule is CN[C@@H](C(C)C)C(O)C(=O)OC(C)(C)C. The third-order valence-electron chi connectivity index (χ3n) is 2.04. The number of aliphatic hydroxyl groups excluding tert-OH is 1. The van der Waals surface area contributed by atoms with Gasteiger partial charge in [0.05, 0.1) is 0 Å². The predicted molar refractivity (Wildman–Crippen MR) is 59.5 cm³/mol. The molecule has 1 unspecified atom stereocenters. The fourth-order valence-corrected chi connectivity index (χ4v) is 1.36. The molecule has 0 aromatic rings. The first-order valence-electron chi connectivity index (χ1n) is 5.27. The molecule has 0 aromatic heterocycles. The fraction of sp³-hybridized carbons (Fsp3) is 0.909. The summed E-state index contributed by atoms with van der Waals surface area (Å²) >= 11 is 0. The van der Waals surface area contributed by atoms with Gasteiger partial charge in [-0.15, -0.1) is 0 Å². The van der Waals surface area contributed by atoms with E-state index in [0.29, 0.717) is 0 Å². The van der Waals surface area contributed by atoms with Crippen LogP contribution in [0.3, 0.4) is 0 Å². The molecule has 0 fully saturated rings. The average Bonchev–Trinajstić information content (AvgIpc) is 2.01. The van der Waals surface area contributed by atoms with Crippen molar-refractivity contribution in [3.63, 3.8) is 0 Å². The molecule has 0 rings (SSSR count). The number of likely N-dealkylation sites (N-methyl/N-ethyl adjacent to an activating group) is 1. The van der Waals surface area contributed by atoms with Gasteiger partial charge in [-0.3, -0.25) is 0 Å². The molecule has 0 spiro atoms. The molecule has 2 N–H and O–H groups in total. The van der Waals surface area contributed by atoms with Crippen molar-refractivity contribution >= 4 is 5.97 Å². The summed E-state index contributed by atoms with van der Waals surface area (Å²) in [5.41, 5.74) is -0.562. The van der Waals surface area contributed by atoms with Crippen LogP contribution in [0.1, 0.15) is 34.6 Å². The molecule has 0 saturated carbocycles. The third-order valence-corrected chi connectivity index (χ3v) is 2.04. The summed E-state index contributed by atoms with van der Waals surface area (Å²) in [6.07, 6.45) is -1.12. The van der Waals surface area contributed by atoms with Crippen molar-refractivity contribution in [1.82, 2.24) is 5.32 Å². The summed E-state index contributed by atoms with van der Waals surface area (Å²) < 4.78 is 5.10. The second kappa shape index (κ2) is 5.47. The van der Waals surface area contributed by atoms with E-state index < -0.39 is 17.7 Å². The Hall–Kier alpha value is -0.610. The molecular weight excluding hydrogens is 194 g/mol. The lowest BCUT2D eigenvalue weighted by molar-refractivity contribution is -0.167. The summed E-state index contributed by atoms with van der Waals surface area (Å²) in [6, 6.07) is -0.278. The van der Waals surface area contributed by atoms with Gasteiger partial charge >= 0.3 is 5.97 Å². The van der Waals surface area contributed by atoms with E-state index in [9.17, 15) is 9.90 Å². The second-order valence-electron chi connectivity index (χ2n) is 5.04. The van der Waals surface area contributed by atoms with Gasteiger partial charge in [-0.2, -0.15) is 0 Å². The van der Waals surface area contributed by atoms with Crippen LogP contribution in [0.2, 0.25) is 0 Å². The van der Waals surface area contributed by atoms with Crippen molar-refractivity contribution < 1.29 is 14.6 Å². The Morgan fingerprint density at radius 2 is 1.80 bits per heavy atom. The Bertz CT molecular complexity index is 208. The van der Waals surface area contributed by atoms with Gasteiger partial charge in [-0.05, 0) is 33.7 Å². The second-order valence-corrected chi connectivity index (χ2v) is 5.04. The highest BCUT2D eigenvalue weighted by Gasteiger charge is 2.31. The molecule has 4 nitrogen and oxygen atoms in total. The fourth-order valence-electron chi connectivity index (χ4n) is 1.36. The van der Waals surface area contributed by atoms with Gasteiger partial charge < -0.3 is 15.2 Å². The number of esters is 1. The summed E-state index contributed by atoms with van der Waals surface area (Å²) in [6.45, 7) is 9.22. The Labute approximate surface area is 92.0 Å². The van der Waals surface area contributed by atoms with E-state index in [0.717, 1.165) is 0 Å². The molecule has 0 aliphatic heterocycles. The number of nitrogens with one attached hydrogen (secondary N) is 1. The Morgan fingerprint density at radius 3 is 2.07 bits per heavy atom. The molecule has 0 aliphatic rings. The number of ether oxygens (including phenoxy) is 1. The van der Waals surface area contributed by atoms with E-state index in [4.69, 9.17) is 4.74 Å². The normalized spacial score (nSPS) is 16.3. The van der Waals surface area contributed by atoms with E-state index >= 15 is 0 Å². The van der Waals surface area contributed by atoms with E-state index in [1.807, 2.05) is 13.8 Å². The quantitative estimate of drug-likeness (QED) is 0.688. The Morgan fingerprint density at radius 1 is 1.33 bits per heavy atom. The predicted octanol–water partition coefficient (Wildman–Crippen LogP) is 0.933. The molecule has 2 atom stereocenters. The molecule has 90 valence electrons. The van der Waals surface area contributed by atoms with Crippen LogP contribution in [0.15, 0.2) is 0 Å². The molecule has 0 bridgehead atoms. The summed E-state index contributed by atoms with van der Waals surface area (Å²) in [7, 11) is 1.72. The third kappa shape index (κ3) is 5.14. The maximum Gasteiger partial charge on any atom is 0.337 e. The van der Waals surface area contributed by atoms with Gasteiger partial charge in [0.15, 0.2) is 6.10 Å². The monoisotopic (exact) mass is 217 g/mol. The van der Waals surface area contributed by atoms with E-state index in [2.05, 4.69) is 5.32 Å². The smallest absolute Gasteiger partial charge is 0.337 e. The zero-order valence-electron chi connectivity index (χ0n) is 10.5. The van der Waals surface area contributed by atoms with Crippen LogP contribution in [0.25, 0.3) is 0 Å². The molecule has 0 aliphatic carbocycles. The van der Waals surface area contributed by atoms with Crippen LogP contribution in [0.4, 0.5) is 0 Å². The molecule has 15 heavy (non-hydrogen) atoms. The number of hydrogen-bond donors (Lipinski definition) is 2. The van der Waals surface area contributed by atoms with Crippen LogP contribution >= 0.6 is 0 Å². The number of hydrogen-bond acceptors (Lipinski definition) is 4. The van der Waals surface area contributed by atoms with Crippen LogP contribution in [-0.2, 0) is 9.53 Å². The molecular formula is C11H23NO3. The number of carbonyl (C=O) groups excluding carboxylic acids is 1.